The molecule has 2 aromatic rings. The molecule has 0 saturated heterocycles. The highest BCUT2D eigenvalue weighted by Gasteiger charge is 2.39. The zero-order valence-electron chi connectivity index (χ0n) is 11.3. The molecule has 0 bridgehead atoms. The molecule has 2 rings (SSSR count). The number of halogens is 2. The van der Waals surface area contributed by atoms with Crippen molar-refractivity contribution in [3.63, 3.8) is 0 Å². The molecule has 0 atom stereocenters. The van der Waals surface area contributed by atoms with Crippen LogP contribution in [-0.2, 0) is 4.79 Å². The van der Waals surface area contributed by atoms with E-state index >= 15 is 0 Å². The average molecular weight is 311 g/mol. The molecule has 0 aliphatic rings. The van der Waals surface area contributed by atoms with E-state index in [1.807, 2.05) is 5.32 Å². The van der Waals surface area contributed by atoms with Crippen LogP contribution in [0.1, 0.15) is 16.2 Å². The molecule has 1 amide bonds. The second-order valence-electron chi connectivity index (χ2n) is 4.41. The second-order valence-corrected chi connectivity index (χ2v) is 4.41. The van der Waals surface area contributed by atoms with E-state index in [-0.39, 0.29) is 11.4 Å². The third-order valence-corrected chi connectivity index (χ3v) is 2.69. The van der Waals surface area contributed by atoms with Gasteiger partial charge in [-0.3, -0.25) is 4.79 Å². The lowest BCUT2D eigenvalue weighted by Gasteiger charge is -2.12. The molecule has 7 nitrogen and oxygen atoms in total. The predicted molar refractivity (Wildman–Crippen MR) is 69.4 cm³/mol. The van der Waals surface area contributed by atoms with Crippen LogP contribution in [0.3, 0.4) is 0 Å². The van der Waals surface area contributed by atoms with Gasteiger partial charge in [-0.25, -0.2) is 4.79 Å². The molecule has 0 aliphatic carbocycles. The number of carboxylic acid groups (broad SMARTS) is 1. The number of carboxylic acids is 1. The van der Waals surface area contributed by atoms with Crippen molar-refractivity contribution in [3.05, 3.63) is 35.7 Å². The van der Waals surface area contributed by atoms with Crippen molar-refractivity contribution >= 4 is 11.9 Å². The maximum atomic E-state index is 12.9. The number of nitrogens with one attached hydrogen (secondary N) is 1. The molecule has 0 aliphatic heterocycles. The number of carbonyl (C=O) groups excluding carboxylic acids is 1. The Balaban J connectivity index is 2.13. The fourth-order valence-electron chi connectivity index (χ4n) is 1.58. The van der Waals surface area contributed by atoms with Crippen molar-refractivity contribution < 1.29 is 28.0 Å². The van der Waals surface area contributed by atoms with E-state index in [2.05, 4.69) is 10.1 Å². The largest absolute Gasteiger partial charge is 0.477 e. The van der Waals surface area contributed by atoms with E-state index in [0.29, 0.717) is 11.5 Å². The number of aryl methyl sites for hydroxylation is 1. The molecule has 22 heavy (non-hydrogen) atoms. The van der Waals surface area contributed by atoms with Gasteiger partial charge in [0.15, 0.2) is 0 Å². The third kappa shape index (κ3) is 3.43. The summed E-state index contributed by atoms with van der Waals surface area (Å²) in [6.45, 7) is 0.299. The van der Waals surface area contributed by atoms with E-state index in [9.17, 15) is 18.4 Å². The Kier molecular flexibility index (Phi) is 4.15. The van der Waals surface area contributed by atoms with Crippen LogP contribution in [0.5, 0.6) is 0 Å². The standard InChI is InChI=1S/C13H11F2N3O4/c1-7-17-10(18-22-7)8-3-2-4-9(5-8)11(19)16-6-13(14,15)12(20)21/h2-5H,6H2,1H3,(H,16,19)(H,20,21). The van der Waals surface area contributed by atoms with E-state index < -0.39 is 24.3 Å². The molecule has 9 heteroatoms. The quantitative estimate of drug-likeness (QED) is 0.867. The molecule has 1 heterocycles. The first-order valence-electron chi connectivity index (χ1n) is 6.10. The van der Waals surface area contributed by atoms with Crippen LogP contribution in [0.15, 0.2) is 28.8 Å². The number of nitrogens with zero attached hydrogens (tertiary/aromatic N) is 2. The monoisotopic (exact) mass is 311 g/mol. The van der Waals surface area contributed by atoms with Gasteiger partial charge >= 0.3 is 11.9 Å². The minimum Gasteiger partial charge on any atom is -0.477 e. The Morgan fingerprint density at radius 2 is 2.14 bits per heavy atom. The van der Waals surface area contributed by atoms with Gasteiger partial charge in [0.05, 0.1) is 6.54 Å². The first kappa shape index (κ1) is 15.5. The van der Waals surface area contributed by atoms with Gasteiger partial charge in [0.1, 0.15) is 0 Å². The molecule has 2 N–H and O–H groups in total. The van der Waals surface area contributed by atoms with Crippen molar-refractivity contribution in [2.45, 2.75) is 12.8 Å². The highest BCUT2D eigenvalue weighted by atomic mass is 19.3. The number of benzene rings is 1. The number of hydrogen-bond donors (Lipinski definition) is 2. The lowest BCUT2D eigenvalue weighted by molar-refractivity contribution is -0.163. The first-order valence-corrected chi connectivity index (χ1v) is 6.10. The van der Waals surface area contributed by atoms with E-state index in [1.54, 1.807) is 13.0 Å². The summed E-state index contributed by atoms with van der Waals surface area (Å²) in [7, 11) is 0. The molecule has 0 fully saturated rings. The fourth-order valence-corrected chi connectivity index (χ4v) is 1.58. The maximum absolute atomic E-state index is 12.9. The van der Waals surface area contributed by atoms with Gasteiger partial charge < -0.3 is 14.9 Å². The Hall–Kier alpha value is -2.84. The molecule has 0 unspecified atom stereocenters. The minimum absolute atomic E-state index is 0.0705. The van der Waals surface area contributed by atoms with Crippen LogP contribution in [-0.4, -0.2) is 39.6 Å². The molecular formula is C13H11F2N3O4. The number of amides is 1. The molecule has 116 valence electrons. The van der Waals surface area contributed by atoms with E-state index in [0.717, 1.165) is 0 Å². The number of rotatable bonds is 5. The summed E-state index contributed by atoms with van der Waals surface area (Å²) in [6.07, 6.45) is 0. The van der Waals surface area contributed by atoms with Crippen molar-refractivity contribution in [2.75, 3.05) is 6.54 Å². The van der Waals surface area contributed by atoms with Crippen LogP contribution >= 0.6 is 0 Å². The van der Waals surface area contributed by atoms with Crippen LogP contribution < -0.4 is 5.32 Å². The summed E-state index contributed by atoms with van der Waals surface area (Å²) < 4.78 is 30.7. The van der Waals surface area contributed by atoms with Gasteiger partial charge in [0, 0.05) is 18.1 Å². The third-order valence-electron chi connectivity index (χ3n) is 2.69. The van der Waals surface area contributed by atoms with Crippen molar-refractivity contribution in [1.29, 1.82) is 0 Å². The molecule has 0 radical (unpaired) electrons. The Labute approximate surface area is 122 Å². The molecule has 0 spiro atoms. The van der Waals surface area contributed by atoms with Gasteiger partial charge in [0.2, 0.25) is 11.7 Å². The van der Waals surface area contributed by atoms with Gasteiger partial charge in [-0.1, -0.05) is 17.3 Å². The van der Waals surface area contributed by atoms with E-state index in [4.69, 9.17) is 9.63 Å². The topological polar surface area (TPSA) is 105 Å². The van der Waals surface area contributed by atoms with Crippen molar-refractivity contribution in [2.24, 2.45) is 0 Å². The molecular weight excluding hydrogens is 300 g/mol. The number of alkyl halides is 2. The van der Waals surface area contributed by atoms with Gasteiger partial charge in [-0.05, 0) is 12.1 Å². The number of aliphatic carboxylic acids is 1. The summed E-state index contributed by atoms with van der Waals surface area (Å²) in [6, 6.07) is 5.92. The smallest absolute Gasteiger partial charge is 0.376 e. The lowest BCUT2D eigenvalue weighted by Crippen LogP contribution is -2.42. The molecule has 1 aromatic heterocycles. The predicted octanol–water partition coefficient (Wildman–Crippen LogP) is 1.49. The molecule has 0 saturated carbocycles. The molecule has 1 aromatic carbocycles. The number of hydrogen-bond acceptors (Lipinski definition) is 5. The summed E-state index contributed by atoms with van der Waals surface area (Å²) >= 11 is 0. The lowest BCUT2D eigenvalue weighted by atomic mass is 10.1. The minimum atomic E-state index is -4.03. The van der Waals surface area contributed by atoms with Gasteiger partial charge in [-0.15, -0.1) is 0 Å². The SMILES string of the molecule is Cc1nc(-c2cccc(C(=O)NCC(F)(F)C(=O)O)c2)no1. The van der Waals surface area contributed by atoms with Gasteiger partial charge in [-0.2, -0.15) is 13.8 Å². The highest BCUT2D eigenvalue weighted by molar-refractivity contribution is 5.95. The number of aromatic nitrogens is 2. The van der Waals surface area contributed by atoms with E-state index in [1.165, 1.54) is 18.2 Å². The highest BCUT2D eigenvalue weighted by Crippen LogP contribution is 2.17. The van der Waals surface area contributed by atoms with Crippen LogP contribution in [0.25, 0.3) is 11.4 Å². The second kappa shape index (κ2) is 5.88. The van der Waals surface area contributed by atoms with Crippen molar-refractivity contribution in [1.82, 2.24) is 15.5 Å². The Bertz CT molecular complexity index is 715. The summed E-state index contributed by atoms with van der Waals surface area (Å²) in [5.41, 5.74) is 0.538. The van der Waals surface area contributed by atoms with Crippen LogP contribution in [0, 0.1) is 6.92 Å². The summed E-state index contributed by atoms with van der Waals surface area (Å²) in [5, 5.41) is 13.8. The van der Waals surface area contributed by atoms with Crippen LogP contribution in [0.4, 0.5) is 8.78 Å². The Morgan fingerprint density at radius 3 is 2.73 bits per heavy atom. The number of carbonyl (C=O) groups is 2. The van der Waals surface area contributed by atoms with Crippen molar-refractivity contribution in [3.8, 4) is 11.4 Å². The summed E-state index contributed by atoms with van der Waals surface area (Å²) in [5.74, 6) is -6.57. The zero-order valence-corrected chi connectivity index (χ0v) is 11.3. The zero-order chi connectivity index (χ0) is 16.3. The fraction of sp³-hybridized carbons (Fsp3) is 0.231. The average Bonchev–Trinajstić information content (AvgIpc) is 2.91. The Morgan fingerprint density at radius 1 is 1.41 bits per heavy atom. The normalized spacial score (nSPS) is 11.2. The van der Waals surface area contributed by atoms with Gasteiger partial charge in [0.25, 0.3) is 5.91 Å². The van der Waals surface area contributed by atoms with Crippen LogP contribution in [0.2, 0.25) is 0 Å². The maximum Gasteiger partial charge on any atom is 0.376 e. The first-order chi connectivity index (χ1) is 10.3. The summed E-state index contributed by atoms with van der Waals surface area (Å²) in [4.78, 5) is 26.1.